The molecule has 3 fully saturated rings. The molecular weight excluding hydrogens is 366 g/mol. The predicted octanol–water partition coefficient (Wildman–Crippen LogP) is -1.05. The van der Waals surface area contributed by atoms with E-state index in [1.165, 1.54) is 5.06 Å². The number of hydrogen-bond acceptors (Lipinski definition) is 9. The molecule has 0 aliphatic carbocycles. The predicted molar refractivity (Wildman–Crippen MR) is 86.8 cm³/mol. The Balaban J connectivity index is 1.36. The van der Waals surface area contributed by atoms with Crippen molar-refractivity contribution in [3.63, 3.8) is 0 Å². The first-order valence-electron chi connectivity index (χ1n) is 8.37. The van der Waals surface area contributed by atoms with Crippen molar-refractivity contribution in [2.45, 2.75) is 31.3 Å². The van der Waals surface area contributed by atoms with Crippen LogP contribution in [-0.2, 0) is 21.1 Å². The number of aromatic nitrogens is 2. The topological polar surface area (TPSA) is 162 Å². The molecular formula is C13H21N7O5S. The average Bonchev–Trinajstić information content (AvgIpc) is 3.07. The van der Waals surface area contributed by atoms with Crippen molar-refractivity contribution in [1.82, 2.24) is 25.1 Å². The Hall–Kier alpha value is -1.80. The van der Waals surface area contributed by atoms with Gasteiger partial charge in [0.1, 0.15) is 0 Å². The van der Waals surface area contributed by atoms with E-state index in [9.17, 15) is 8.42 Å². The van der Waals surface area contributed by atoms with Gasteiger partial charge in [-0.3, -0.25) is 14.9 Å². The Morgan fingerprint density at radius 3 is 2.81 bits per heavy atom. The molecule has 3 atom stereocenters. The van der Waals surface area contributed by atoms with E-state index in [1.807, 2.05) is 4.90 Å². The number of nitrogens with zero attached hydrogens (tertiary/aromatic N) is 5. The van der Waals surface area contributed by atoms with Crippen molar-refractivity contribution in [3.8, 4) is 0 Å². The summed E-state index contributed by atoms with van der Waals surface area (Å²) in [7, 11) is -4.52. The van der Waals surface area contributed by atoms with Gasteiger partial charge in [0.2, 0.25) is 11.8 Å². The van der Waals surface area contributed by atoms with Gasteiger partial charge < -0.3 is 15.1 Å². The molecule has 0 spiro atoms. The van der Waals surface area contributed by atoms with Gasteiger partial charge in [0.05, 0.1) is 18.8 Å². The largest absolute Gasteiger partial charge is 0.424 e. The van der Waals surface area contributed by atoms with Crippen LogP contribution in [-0.4, -0.2) is 76.3 Å². The molecule has 4 heterocycles. The van der Waals surface area contributed by atoms with E-state index in [0.29, 0.717) is 50.2 Å². The highest BCUT2D eigenvalue weighted by Gasteiger charge is 2.43. The fraction of sp³-hybridized carbons (Fsp3) is 0.769. The summed E-state index contributed by atoms with van der Waals surface area (Å²) in [4.78, 5) is 3.77. The maximum absolute atomic E-state index is 10.9. The van der Waals surface area contributed by atoms with Crippen LogP contribution in [0.25, 0.3) is 0 Å². The van der Waals surface area contributed by atoms with E-state index in [0.717, 1.165) is 6.42 Å². The third-order valence-corrected chi connectivity index (χ3v) is 5.49. The van der Waals surface area contributed by atoms with Crippen molar-refractivity contribution < 1.29 is 21.7 Å². The van der Waals surface area contributed by atoms with Crippen molar-refractivity contribution >= 4 is 16.4 Å². The molecule has 3 aliphatic heterocycles. The number of piperidine rings is 1. The minimum absolute atomic E-state index is 0.0786. The first kappa shape index (κ1) is 17.6. The summed E-state index contributed by atoms with van der Waals surface area (Å²) in [5.41, 5.74) is 5.42. The number of guanidine groups is 1. The molecule has 4 N–H and O–H groups in total. The third kappa shape index (κ3) is 3.53. The molecule has 12 nitrogen and oxygen atoms in total. The van der Waals surface area contributed by atoms with Gasteiger partial charge in [-0.1, -0.05) is 0 Å². The molecule has 0 saturated carbocycles. The van der Waals surface area contributed by atoms with E-state index in [1.54, 1.807) is 4.90 Å². The van der Waals surface area contributed by atoms with Crippen LogP contribution < -0.4 is 5.73 Å². The molecule has 0 aromatic carbocycles. The van der Waals surface area contributed by atoms with E-state index in [2.05, 4.69) is 14.5 Å². The van der Waals surface area contributed by atoms with Crippen LogP contribution in [0, 0.1) is 11.3 Å². The maximum atomic E-state index is 10.9. The van der Waals surface area contributed by atoms with Gasteiger partial charge in [-0.15, -0.1) is 10.2 Å². The fourth-order valence-corrected chi connectivity index (χ4v) is 4.23. The molecule has 0 radical (unpaired) electrons. The molecule has 1 aromatic rings. The number of likely N-dealkylation sites (tertiary alicyclic amines) is 1. The van der Waals surface area contributed by atoms with Crippen molar-refractivity contribution in [2.24, 2.45) is 11.7 Å². The number of nitrogens with two attached hydrogens (primary N) is 1. The Bertz CT molecular complexity index is 793. The van der Waals surface area contributed by atoms with E-state index in [-0.39, 0.29) is 24.7 Å². The first-order valence-corrected chi connectivity index (χ1v) is 9.74. The summed E-state index contributed by atoms with van der Waals surface area (Å²) < 4.78 is 41.2. The van der Waals surface area contributed by atoms with Gasteiger partial charge in [-0.25, -0.2) is 0 Å². The molecule has 1 aromatic heterocycles. The number of nitrogens with one attached hydrogen (secondary N) is 1. The highest BCUT2D eigenvalue weighted by molar-refractivity contribution is 7.80. The second kappa shape index (κ2) is 6.42. The van der Waals surface area contributed by atoms with Gasteiger partial charge in [-0.05, 0) is 12.8 Å². The second-order valence-corrected chi connectivity index (χ2v) is 7.98. The average molecular weight is 387 g/mol. The zero-order chi connectivity index (χ0) is 18.5. The van der Waals surface area contributed by atoms with Gasteiger partial charge in [-0.2, -0.15) is 17.8 Å². The van der Waals surface area contributed by atoms with E-state index < -0.39 is 10.4 Å². The maximum Gasteiger partial charge on any atom is 0.413 e. The third-order valence-electron chi connectivity index (χ3n) is 5.11. The monoisotopic (exact) mass is 387 g/mol. The fourth-order valence-electron chi connectivity index (χ4n) is 3.82. The van der Waals surface area contributed by atoms with E-state index in [4.69, 9.17) is 20.1 Å². The minimum atomic E-state index is -4.52. The highest BCUT2D eigenvalue weighted by Crippen LogP contribution is 2.37. The summed E-state index contributed by atoms with van der Waals surface area (Å²) in [5.74, 6) is 1.48. The summed E-state index contributed by atoms with van der Waals surface area (Å²) in [6, 6.07) is -0.194. The summed E-state index contributed by atoms with van der Waals surface area (Å²) in [5, 5.41) is 16.9. The molecule has 26 heavy (non-hydrogen) atoms. The zero-order valence-corrected chi connectivity index (χ0v) is 14.8. The normalized spacial score (nSPS) is 29.7. The van der Waals surface area contributed by atoms with Crippen LogP contribution >= 0.6 is 0 Å². The van der Waals surface area contributed by atoms with Crippen molar-refractivity contribution in [3.05, 3.63) is 11.8 Å². The Labute approximate surface area is 150 Å². The lowest BCUT2D eigenvalue weighted by atomic mass is 9.97. The molecule has 144 valence electrons. The number of fused-ring (bicyclic) bond motifs is 2. The molecule has 0 amide bonds. The minimum Gasteiger partial charge on any atom is -0.424 e. The Morgan fingerprint density at radius 1 is 1.35 bits per heavy atom. The second-order valence-electron chi connectivity index (χ2n) is 6.97. The summed E-state index contributed by atoms with van der Waals surface area (Å²) >= 11 is 0. The Morgan fingerprint density at radius 2 is 2.12 bits per heavy atom. The zero-order valence-electron chi connectivity index (χ0n) is 14.0. The first-order chi connectivity index (χ1) is 12.3. The number of rotatable bonds is 5. The summed E-state index contributed by atoms with van der Waals surface area (Å²) in [6.45, 7) is 2.27. The lowest BCUT2D eigenvalue weighted by Gasteiger charge is -2.38. The molecule has 2 bridgehead atoms. The van der Waals surface area contributed by atoms with Crippen molar-refractivity contribution in [2.75, 3.05) is 26.3 Å². The molecule has 3 aliphatic rings. The quantitative estimate of drug-likeness (QED) is 0.321. The number of hydrogen-bond donors (Lipinski definition) is 3. The van der Waals surface area contributed by atoms with Crippen LogP contribution in [0.1, 0.15) is 30.7 Å². The standard InChI is InChI=1S/C13H21N7O5S/c14-13(15)18-4-8(5-18)3-11-16-17-12(24-11)10-2-1-9-6-19(10)7-20(9)25-26(21,22)23/h8-10H,1-7H2,(H3,14,15)(H,21,22,23)/t9-,10+/m1/s1. The lowest BCUT2D eigenvalue weighted by Crippen LogP contribution is -2.53. The summed E-state index contributed by atoms with van der Waals surface area (Å²) in [6.07, 6.45) is 2.08. The van der Waals surface area contributed by atoms with Crippen LogP contribution in [0.3, 0.4) is 0 Å². The van der Waals surface area contributed by atoms with Gasteiger partial charge in [0.25, 0.3) is 0 Å². The SMILES string of the molecule is N=C(N)N1CC(Cc2nnc([C@@H]3CC[C@@H]4CN3CN4OS(=O)(=O)O)o2)C1. The molecule has 13 heteroatoms. The van der Waals surface area contributed by atoms with Crippen LogP contribution in [0.5, 0.6) is 0 Å². The number of hydroxylamine groups is 2. The van der Waals surface area contributed by atoms with Crippen LogP contribution in [0.2, 0.25) is 0 Å². The van der Waals surface area contributed by atoms with Crippen LogP contribution in [0.4, 0.5) is 0 Å². The lowest BCUT2D eigenvalue weighted by molar-refractivity contribution is -0.0771. The molecule has 4 rings (SSSR count). The van der Waals surface area contributed by atoms with Gasteiger partial charge >= 0.3 is 10.4 Å². The van der Waals surface area contributed by atoms with Crippen molar-refractivity contribution in [1.29, 1.82) is 5.41 Å². The van der Waals surface area contributed by atoms with Crippen LogP contribution in [0.15, 0.2) is 4.42 Å². The molecule has 1 unspecified atom stereocenters. The molecule has 3 saturated heterocycles. The van der Waals surface area contributed by atoms with Gasteiger partial charge in [0.15, 0.2) is 5.96 Å². The smallest absolute Gasteiger partial charge is 0.413 e. The van der Waals surface area contributed by atoms with E-state index >= 15 is 0 Å². The Kier molecular flexibility index (Phi) is 4.35. The highest BCUT2D eigenvalue weighted by atomic mass is 32.3. The van der Waals surface area contributed by atoms with Gasteiger partial charge in [0, 0.05) is 32.0 Å².